The first kappa shape index (κ1) is 11.1. The molecular formula is C4H6Cl3NO3. The Hall–Kier alpha value is 0.1000. The van der Waals surface area contributed by atoms with Gasteiger partial charge in [0.15, 0.2) is 6.23 Å². The predicted octanol–water partition coefficient (Wildman–Crippen LogP) is 1.03. The van der Waals surface area contributed by atoms with Gasteiger partial charge in [0.25, 0.3) is 0 Å². The van der Waals surface area contributed by atoms with Crippen LogP contribution in [0.4, 0.5) is 4.79 Å². The number of hydrogen-bond donors (Lipinski definition) is 2. The van der Waals surface area contributed by atoms with E-state index in [2.05, 4.69) is 4.74 Å². The molecule has 0 spiro atoms. The molecule has 0 bridgehead atoms. The second-order valence-corrected chi connectivity index (χ2v) is 3.95. The highest BCUT2D eigenvalue weighted by molar-refractivity contribution is 6.68. The molecule has 0 aliphatic carbocycles. The molecule has 0 aromatic heterocycles. The number of aliphatic hydroxyl groups excluding tert-OH is 1. The second kappa shape index (κ2) is 4.21. The molecule has 7 heteroatoms. The fourth-order valence-electron chi connectivity index (χ4n) is 0.252. The Morgan fingerprint density at radius 3 is 2.36 bits per heavy atom. The Bertz CT molecular complexity index is 146. The summed E-state index contributed by atoms with van der Waals surface area (Å²) < 4.78 is 2.18. The average Bonchev–Trinajstić information content (AvgIpc) is 1.85. The van der Waals surface area contributed by atoms with Gasteiger partial charge in [-0.15, -0.1) is 0 Å². The minimum atomic E-state index is -1.95. The van der Waals surface area contributed by atoms with Gasteiger partial charge in [-0.2, -0.15) is 0 Å². The van der Waals surface area contributed by atoms with Crippen molar-refractivity contribution in [2.24, 2.45) is 0 Å². The van der Waals surface area contributed by atoms with Crippen LogP contribution in [-0.4, -0.2) is 28.3 Å². The number of alkyl carbamates (subject to hydrolysis) is 1. The molecular weight excluding hydrogens is 216 g/mol. The van der Waals surface area contributed by atoms with E-state index in [0.29, 0.717) is 0 Å². The van der Waals surface area contributed by atoms with Crippen LogP contribution in [-0.2, 0) is 4.74 Å². The number of rotatable bonds is 1. The molecule has 1 amide bonds. The Morgan fingerprint density at radius 2 is 2.09 bits per heavy atom. The van der Waals surface area contributed by atoms with Gasteiger partial charge < -0.3 is 9.84 Å². The fourth-order valence-corrected chi connectivity index (χ4v) is 0.416. The van der Waals surface area contributed by atoms with E-state index in [0.717, 1.165) is 7.11 Å². The van der Waals surface area contributed by atoms with Crippen LogP contribution in [0.3, 0.4) is 0 Å². The standard InChI is InChI=1S/C4H6Cl3NO3/c1-11-3(10)8-2(9)4(5,6)7/h2,9H,1H3,(H,8,10)/t2-/m0/s1. The Morgan fingerprint density at radius 1 is 1.64 bits per heavy atom. The number of halogens is 3. The average molecular weight is 222 g/mol. The van der Waals surface area contributed by atoms with E-state index in [1.54, 1.807) is 0 Å². The van der Waals surface area contributed by atoms with E-state index in [9.17, 15) is 4.79 Å². The quantitative estimate of drug-likeness (QED) is 0.515. The molecule has 0 fully saturated rings. The number of ether oxygens (including phenoxy) is 1. The van der Waals surface area contributed by atoms with Crippen molar-refractivity contribution < 1.29 is 14.6 Å². The number of carbonyl (C=O) groups is 1. The van der Waals surface area contributed by atoms with Gasteiger partial charge in [-0.1, -0.05) is 34.8 Å². The highest BCUT2D eigenvalue weighted by Gasteiger charge is 2.32. The van der Waals surface area contributed by atoms with Crippen LogP contribution in [0.5, 0.6) is 0 Å². The van der Waals surface area contributed by atoms with Crippen molar-refractivity contribution >= 4 is 40.9 Å². The second-order valence-electron chi connectivity index (χ2n) is 1.58. The van der Waals surface area contributed by atoms with Crippen LogP contribution < -0.4 is 5.32 Å². The lowest BCUT2D eigenvalue weighted by Gasteiger charge is -2.18. The van der Waals surface area contributed by atoms with Crippen molar-refractivity contribution in [3.8, 4) is 0 Å². The number of nitrogens with one attached hydrogen (secondary N) is 1. The summed E-state index contributed by atoms with van der Waals surface area (Å²) in [6, 6.07) is 0. The monoisotopic (exact) mass is 221 g/mol. The number of aliphatic hydroxyl groups is 1. The molecule has 0 heterocycles. The molecule has 66 valence electrons. The third-order valence-corrected chi connectivity index (χ3v) is 1.37. The summed E-state index contributed by atoms with van der Waals surface area (Å²) in [5.74, 6) is 0. The SMILES string of the molecule is COC(=O)N[C@@H](O)C(Cl)(Cl)Cl. The third kappa shape index (κ3) is 4.53. The summed E-state index contributed by atoms with van der Waals surface area (Å²) in [6.45, 7) is 0. The zero-order valence-electron chi connectivity index (χ0n) is 5.47. The summed E-state index contributed by atoms with van der Waals surface area (Å²) in [5, 5.41) is 10.7. The van der Waals surface area contributed by atoms with Crippen molar-refractivity contribution in [3.63, 3.8) is 0 Å². The van der Waals surface area contributed by atoms with Crippen molar-refractivity contribution in [2.75, 3.05) is 7.11 Å². The minimum absolute atomic E-state index is 0.871. The molecule has 0 saturated heterocycles. The minimum Gasteiger partial charge on any atom is -0.453 e. The molecule has 0 aliphatic rings. The van der Waals surface area contributed by atoms with Gasteiger partial charge in [0, 0.05) is 0 Å². The molecule has 0 aromatic carbocycles. The molecule has 0 aromatic rings. The number of amides is 1. The Labute approximate surface area is 78.4 Å². The smallest absolute Gasteiger partial charge is 0.408 e. The molecule has 4 nitrogen and oxygen atoms in total. The molecule has 0 unspecified atom stereocenters. The van der Waals surface area contributed by atoms with Crippen molar-refractivity contribution in [3.05, 3.63) is 0 Å². The van der Waals surface area contributed by atoms with Crippen LogP contribution in [0.1, 0.15) is 0 Å². The highest BCUT2D eigenvalue weighted by Crippen LogP contribution is 2.28. The van der Waals surface area contributed by atoms with Crippen molar-refractivity contribution in [2.45, 2.75) is 10.0 Å². The van der Waals surface area contributed by atoms with Gasteiger partial charge in [0.1, 0.15) is 0 Å². The van der Waals surface area contributed by atoms with Crippen molar-refractivity contribution in [1.82, 2.24) is 5.32 Å². The summed E-state index contributed by atoms with van der Waals surface area (Å²) in [6.07, 6.45) is -2.45. The molecule has 0 rings (SSSR count). The Kier molecular flexibility index (Phi) is 4.25. The van der Waals surface area contributed by atoms with E-state index in [4.69, 9.17) is 39.9 Å². The maximum atomic E-state index is 10.4. The van der Waals surface area contributed by atoms with Crippen LogP contribution in [0.2, 0.25) is 0 Å². The van der Waals surface area contributed by atoms with Gasteiger partial charge in [0.05, 0.1) is 7.11 Å². The summed E-state index contributed by atoms with van der Waals surface area (Å²) in [7, 11) is 1.13. The van der Waals surface area contributed by atoms with Crippen LogP contribution >= 0.6 is 34.8 Å². The lowest BCUT2D eigenvalue weighted by Crippen LogP contribution is -2.43. The van der Waals surface area contributed by atoms with Crippen LogP contribution in [0.25, 0.3) is 0 Å². The largest absolute Gasteiger partial charge is 0.453 e. The van der Waals surface area contributed by atoms with Gasteiger partial charge in [-0.05, 0) is 0 Å². The third-order valence-electron chi connectivity index (χ3n) is 0.750. The summed E-state index contributed by atoms with van der Waals surface area (Å²) in [4.78, 5) is 10.4. The van der Waals surface area contributed by atoms with Crippen LogP contribution in [0.15, 0.2) is 0 Å². The number of alkyl halides is 3. The first-order valence-electron chi connectivity index (χ1n) is 2.47. The predicted molar refractivity (Wildman–Crippen MR) is 41.8 cm³/mol. The topological polar surface area (TPSA) is 58.6 Å². The summed E-state index contributed by atoms with van der Waals surface area (Å²) in [5.41, 5.74) is 0. The highest BCUT2D eigenvalue weighted by atomic mass is 35.6. The molecule has 2 N–H and O–H groups in total. The van der Waals surface area contributed by atoms with Gasteiger partial charge >= 0.3 is 6.09 Å². The number of methoxy groups -OCH3 is 1. The molecule has 11 heavy (non-hydrogen) atoms. The number of carbonyl (C=O) groups excluding carboxylic acids is 1. The van der Waals surface area contributed by atoms with E-state index in [1.165, 1.54) is 0 Å². The van der Waals surface area contributed by atoms with Gasteiger partial charge in [-0.25, -0.2) is 4.79 Å². The summed E-state index contributed by atoms with van der Waals surface area (Å²) >= 11 is 15.6. The van der Waals surface area contributed by atoms with Crippen LogP contribution in [0, 0.1) is 0 Å². The van der Waals surface area contributed by atoms with Gasteiger partial charge in [-0.3, -0.25) is 5.32 Å². The Balaban J connectivity index is 3.87. The van der Waals surface area contributed by atoms with Crippen molar-refractivity contribution in [1.29, 1.82) is 0 Å². The van der Waals surface area contributed by atoms with Gasteiger partial charge in [0.2, 0.25) is 3.79 Å². The first-order chi connectivity index (χ1) is 4.88. The normalized spacial score (nSPS) is 13.9. The van der Waals surface area contributed by atoms with E-state index in [1.807, 2.05) is 5.32 Å². The van der Waals surface area contributed by atoms with E-state index < -0.39 is 16.1 Å². The molecule has 0 radical (unpaired) electrons. The molecule has 0 saturated carbocycles. The van der Waals surface area contributed by atoms with E-state index >= 15 is 0 Å². The lowest BCUT2D eigenvalue weighted by atomic mass is 10.6. The van der Waals surface area contributed by atoms with E-state index in [-0.39, 0.29) is 0 Å². The maximum Gasteiger partial charge on any atom is 0.408 e. The zero-order chi connectivity index (χ0) is 9.07. The zero-order valence-corrected chi connectivity index (χ0v) is 7.74. The lowest BCUT2D eigenvalue weighted by molar-refractivity contribution is 0.113. The number of hydrogen-bond acceptors (Lipinski definition) is 3. The maximum absolute atomic E-state index is 10.4. The molecule has 1 atom stereocenters. The first-order valence-corrected chi connectivity index (χ1v) is 3.60. The fraction of sp³-hybridized carbons (Fsp3) is 0.750. The molecule has 0 aliphatic heterocycles.